The predicted molar refractivity (Wildman–Crippen MR) is 72.3 cm³/mol. The van der Waals surface area contributed by atoms with Crippen LogP contribution >= 0.6 is 23.2 Å². The normalized spacial score (nSPS) is 16.2. The number of nitrogens with zero attached hydrogens (tertiary/aromatic N) is 5. The molecule has 11 heteroatoms. The van der Waals surface area contributed by atoms with Gasteiger partial charge in [-0.25, -0.2) is 4.68 Å². The molecule has 0 amide bonds. The molecular formula is C10H9Cl2F2N7. The highest BCUT2D eigenvalue weighted by molar-refractivity contribution is 6.31. The third kappa shape index (κ3) is 2.70. The number of hydrogen-bond acceptors (Lipinski definition) is 6. The molecule has 0 radical (unpaired) electrons. The summed E-state index contributed by atoms with van der Waals surface area (Å²) in [5, 5.41) is 6.89. The standard InChI is InChI=1S/C10H9Cl2F2N7/c11-4-3-21(7(13)14)20-5(4)10(1-2-10)19-9-17-6(12)16-8(15)18-9/h3,7H,1-2H2,(H3,15,16,17,18,19). The molecule has 1 fully saturated rings. The average molecular weight is 336 g/mol. The first-order chi connectivity index (χ1) is 9.89. The lowest BCUT2D eigenvalue weighted by Gasteiger charge is -2.15. The van der Waals surface area contributed by atoms with Gasteiger partial charge in [-0.05, 0) is 24.4 Å². The molecule has 0 spiro atoms. The second kappa shape index (κ2) is 4.92. The second-order valence-corrected chi connectivity index (χ2v) is 5.32. The van der Waals surface area contributed by atoms with Crippen LogP contribution in [0.4, 0.5) is 20.7 Å². The number of alkyl halides is 2. The quantitative estimate of drug-likeness (QED) is 0.891. The fraction of sp³-hybridized carbons (Fsp3) is 0.400. The fourth-order valence-electron chi connectivity index (χ4n) is 1.97. The van der Waals surface area contributed by atoms with Gasteiger partial charge in [-0.3, -0.25) is 0 Å². The molecule has 2 aromatic rings. The van der Waals surface area contributed by atoms with Crippen LogP contribution in [0.25, 0.3) is 0 Å². The monoisotopic (exact) mass is 335 g/mol. The van der Waals surface area contributed by atoms with Crippen molar-refractivity contribution in [2.45, 2.75) is 24.9 Å². The van der Waals surface area contributed by atoms with E-state index in [9.17, 15) is 8.78 Å². The van der Waals surface area contributed by atoms with E-state index in [1.807, 2.05) is 0 Å². The van der Waals surface area contributed by atoms with Crippen molar-refractivity contribution in [3.63, 3.8) is 0 Å². The molecule has 1 aliphatic carbocycles. The maximum absolute atomic E-state index is 12.7. The van der Waals surface area contributed by atoms with Crippen LogP contribution in [-0.4, -0.2) is 24.7 Å². The Morgan fingerprint density at radius 1 is 1.29 bits per heavy atom. The van der Waals surface area contributed by atoms with Crippen molar-refractivity contribution in [3.8, 4) is 0 Å². The van der Waals surface area contributed by atoms with Gasteiger partial charge in [0.25, 0.3) is 0 Å². The highest BCUT2D eigenvalue weighted by atomic mass is 35.5. The number of hydrogen-bond donors (Lipinski definition) is 2. The molecule has 0 saturated heterocycles. The Hall–Kier alpha value is -1.74. The molecule has 3 N–H and O–H groups in total. The lowest BCUT2D eigenvalue weighted by atomic mass is 10.2. The van der Waals surface area contributed by atoms with E-state index in [0.29, 0.717) is 23.2 Å². The molecule has 2 heterocycles. The molecule has 1 saturated carbocycles. The third-order valence-electron chi connectivity index (χ3n) is 3.07. The van der Waals surface area contributed by atoms with Crippen molar-refractivity contribution in [3.05, 3.63) is 22.2 Å². The topological polar surface area (TPSA) is 94.5 Å². The molecule has 3 rings (SSSR count). The van der Waals surface area contributed by atoms with E-state index in [-0.39, 0.29) is 22.2 Å². The molecule has 0 aliphatic heterocycles. The van der Waals surface area contributed by atoms with Gasteiger partial charge < -0.3 is 11.1 Å². The number of halogens is 4. The Kier molecular flexibility index (Phi) is 3.33. The number of aromatic nitrogens is 5. The van der Waals surface area contributed by atoms with Crippen molar-refractivity contribution >= 4 is 35.1 Å². The van der Waals surface area contributed by atoms with Gasteiger partial charge in [0, 0.05) is 6.20 Å². The van der Waals surface area contributed by atoms with Crippen LogP contribution in [0.2, 0.25) is 10.3 Å². The Morgan fingerprint density at radius 2 is 2.00 bits per heavy atom. The van der Waals surface area contributed by atoms with Gasteiger partial charge >= 0.3 is 6.55 Å². The maximum Gasteiger partial charge on any atom is 0.333 e. The molecular weight excluding hydrogens is 327 g/mol. The minimum atomic E-state index is -2.76. The van der Waals surface area contributed by atoms with Crippen LogP contribution in [-0.2, 0) is 5.54 Å². The van der Waals surface area contributed by atoms with Crippen LogP contribution in [0.15, 0.2) is 6.20 Å². The Labute approximate surface area is 127 Å². The summed E-state index contributed by atoms with van der Waals surface area (Å²) < 4.78 is 25.8. The molecule has 0 aromatic carbocycles. The molecule has 0 atom stereocenters. The summed E-state index contributed by atoms with van der Waals surface area (Å²) in [4.78, 5) is 11.4. The Morgan fingerprint density at radius 3 is 2.52 bits per heavy atom. The first-order valence-corrected chi connectivity index (χ1v) is 6.64. The second-order valence-electron chi connectivity index (χ2n) is 4.58. The van der Waals surface area contributed by atoms with Crippen LogP contribution in [0, 0.1) is 0 Å². The molecule has 0 bridgehead atoms. The predicted octanol–water partition coefficient (Wildman–Crippen LogP) is 2.45. The Bertz CT molecular complexity index is 666. The van der Waals surface area contributed by atoms with E-state index in [4.69, 9.17) is 28.9 Å². The number of nitrogen functional groups attached to an aromatic ring is 1. The first-order valence-electron chi connectivity index (χ1n) is 5.88. The average Bonchev–Trinajstić information content (AvgIpc) is 3.01. The molecule has 7 nitrogen and oxygen atoms in total. The van der Waals surface area contributed by atoms with Crippen LogP contribution in [0.5, 0.6) is 0 Å². The summed E-state index contributed by atoms with van der Waals surface area (Å²) in [6.45, 7) is -2.76. The van der Waals surface area contributed by atoms with Crippen LogP contribution < -0.4 is 11.1 Å². The molecule has 1 aliphatic rings. The molecule has 112 valence electrons. The van der Waals surface area contributed by atoms with Crippen LogP contribution in [0.1, 0.15) is 25.1 Å². The highest BCUT2D eigenvalue weighted by Crippen LogP contribution is 2.49. The third-order valence-corrected chi connectivity index (χ3v) is 3.51. The van der Waals surface area contributed by atoms with Crippen molar-refractivity contribution < 1.29 is 8.78 Å². The Balaban J connectivity index is 1.91. The summed E-state index contributed by atoms with van der Waals surface area (Å²) in [5.74, 6) is 0.102. The van der Waals surface area contributed by atoms with E-state index < -0.39 is 12.1 Å². The summed E-state index contributed by atoms with van der Waals surface area (Å²) in [6.07, 6.45) is 2.38. The van der Waals surface area contributed by atoms with E-state index in [1.165, 1.54) is 0 Å². The lowest BCUT2D eigenvalue weighted by Crippen LogP contribution is -2.22. The molecule has 2 aromatic heterocycles. The number of nitrogens with two attached hydrogens (primary N) is 1. The van der Waals surface area contributed by atoms with Gasteiger partial charge in [0.2, 0.25) is 17.2 Å². The summed E-state index contributed by atoms with van der Waals surface area (Å²) >= 11 is 11.7. The number of rotatable bonds is 4. The zero-order valence-corrected chi connectivity index (χ0v) is 11.9. The smallest absolute Gasteiger partial charge is 0.333 e. The summed E-state index contributed by atoms with van der Waals surface area (Å²) in [7, 11) is 0. The van der Waals surface area contributed by atoms with Crippen molar-refractivity contribution in [1.82, 2.24) is 24.7 Å². The van der Waals surface area contributed by atoms with Gasteiger partial charge in [-0.1, -0.05) is 11.6 Å². The van der Waals surface area contributed by atoms with Gasteiger partial charge in [0.05, 0.1) is 10.6 Å². The van der Waals surface area contributed by atoms with Crippen LogP contribution in [0.3, 0.4) is 0 Å². The van der Waals surface area contributed by atoms with E-state index >= 15 is 0 Å². The van der Waals surface area contributed by atoms with Crippen molar-refractivity contribution in [2.24, 2.45) is 0 Å². The SMILES string of the molecule is Nc1nc(Cl)nc(NC2(c3nn(C(F)F)cc3Cl)CC2)n1. The molecule has 21 heavy (non-hydrogen) atoms. The van der Waals surface area contributed by atoms with Crippen molar-refractivity contribution in [1.29, 1.82) is 0 Å². The van der Waals surface area contributed by atoms with E-state index in [2.05, 4.69) is 25.4 Å². The van der Waals surface area contributed by atoms with Gasteiger partial charge in [-0.15, -0.1) is 0 Å². The van der Waals surface area contributed by atoms with E-state index in [0.717, 1.165) is 6.20 Å². The van der Waals surface area contributed by atoms with Gasteiger partial charge in [-0.2, -0.15) is 28.8 Å². The minimum absolute atomic E-state index is 0.0440. The van der Waals surface area contributed by atoms with Gasteiger partial charge in [0.15, 0.2) is 0 Å². The largest absolute Gasteiger partial charge is 0.368 e. The number of nitrogens with one attached hydrogen (secondary N) is 1. The first kappa shape index (κ1) is 14.2. The van der Waals surface area contributed by atoms with Crippen molar-refractivity contribution in [2.75, 3.05) is 11.1 Å². The summed E-state index contributed by atoms with van der Waals surface area (Å²) in [5.41, 5.74) is 5.11. The van der Waals surface area contributed by atoms with Gasteiger partial charge in [0.1, 0.15) is 5.69 Å². The zero-order chi connectivity index (χ0) is 15.2. The maximum atomic E-state index is 12.7. The fourth-order valence-corrected chi connectivity index (χ4v) is 2.46. The van der Waals surface area contributed by atoms with E-state index in [1.54, 1.807) is 0 Å². The number of anilines is 2. The lowest BCUT2D eigenvalue weighted by molar-refractivity contribution is 0.0560. The molecule has 0 unspecified atom stereocenters. The zero-order valence-electron chi connectivity index (χ0n) is 10.4. The summed E-state index contributed by atoms with van der Waals surface area (Å²) in [6, 6.07) is 0. The highest BCUT2D eigenvalue weighted by Gasteiger charge is 2.49. The minimum Gasteiger partial charge on any atom is -0.368 e.